The van der Waals surface area contributed by atoms with Gasteiger partial charge in [0.05, 0.1) is 0 Å². The predicted octanol–water partition coefficient (Wildman–Crippen LogP) is 2.33. The zero-order valence-electron chi connectivity index (χ0n) is 14.7. The van der Waals surface area contributed by atoms with E-state index in [0.717, 1.165) is 23.6 Å². The van der Waals surface area contributed by atoms with Gasteiger partial charge in [-0.15, -0.1) is 0 Å². The quantitative estimate of drug-likeness (QED) is 0.901. The SMILES string of the molecule is CC(C)(O)C(=O)N1CCC[C@H](NC(=O)c2ccc3ccccc3c2)C1. The zero-order valence-corrected chi connectivity index (χ0v) is 14.7. The van der Waals surface area contributed by atoms with Crippen LogP contribution in [0.25, 0.3) is 10.8 Å². The van der Waals surface area contributed by atoms with Crippen LogP contribution < -0.4 is 5.32 Å². The van der Waals surface area contributed by atoms with Gasteiger partial charge < -0.3 is 15.3 Å². The molecule has 1 heterocycles. The van der Waals surface area contributed by atoms with E-state index in [2.05, 4.69) is 5.32 Å². The molecular weight excluding hydrogens is 316 g/mol. The number of nitrogens with zero attached hydrogens (tertiary/aromatic N) is 1. The van der Waals surface area contributed by atoms with Crippen LogP contribution in [0, 0.1) is 0 Å². The zero-order chi connectivity index (χ0) is 18.0. The molecule has 0 unspecified atom stereocenters. The number of rotatable bonds is 3. The Morgan fingerprint density at radius 2 is 1.88 bits per heavy atom. The van der Waals surface area contributed by atoms with Gasteiger partial charge in [-0.25, -0.2) is 0 Å². The average molecular weight is 340 g/mol. The van der Waals surface area contributed by atoms with Crippen molar-refractivity contribution in [2.24, 2.45) is 0 Å². The smallest absolute Gasteiger partial charge is 0.254 e. The summed E-state index contributed by atoms with van der Waals surface area (Å²) in [4.78, 5) is 26.4. The van der Waals surface area contributed by atoms with E-state index < -0.39 is 5.60 Å². The molecule has 0 spiro atoms. The number of piperidine rings is 1. The van der Waals surface area contributed by atoms with Crippen LogP contribution in [-0.4, -0.2) is 46.6 Å². The largest absolute Gasteiger partial charge is 0.381 e. The Balaban J connectivity index is 1.68. The lowest BCUT2D eigenvalue weighted by Crippen LogP contribution is -2.54. The molecule has 1 atom stereocenters. The number of benzene rings is 2. The standard InChI is InChI=1S/C20H24N2O3/c1-20(2,25)19(24)22-11-5-8-17(13-22)21-18(23)16-10-9-14-6-3-4-7-15(14)12-16/h3-4,6-7,9-10,12,17,25H,5,8,11,13H2,1-2H3,(H,21,23)/t17-/m0/s1. The predicted molar refractivity (Wildman–Crippen MR) is 97.3 cm³/mol. The number of nitrogens with one attached hydrogen (secondary N) is 1. The molecule has 132 valence electrons. The van der Waals surface area contributed by atoms with E-state index in [1.54, 1.807) is 4.90 Å². The first kappa shape index (κ1) is 17.4. The topological polar surface area (TPSA) is 69.6 Å². The van der Waals surface area contributed by atoms with Crippen molar-refractivity contribution in [2.75, 3.05) is 13.1 Å². The molecule has 1 fully saturated rings. The maximum Gasteiger partial charge on any atom is 0.254 e. The van der Waals surface area contributed by atoms with Gasteiger partial charge in [-0.05, 0) is 49.6 Å². The Bertz CT molecular complexity index is 795. The van der Waals surface area contributed by atoms with Gasteiger partial charge in [0.25, 0.3) is 11.8 Å². The van der Waals surface area contributed by atoms with E-state index in [9.17, 15) is 14.7 Å². The van der Waals surface area contributed by atoms with Crippen LogP contribution in [0.15, 0.2) is 42.5 Å². The van der Waals surface area contributed by atoms with Gasteiger partial charge in [0.1, 0.15) is 5.60 Å². The van der Waals surface area contributed by atoms with E-state index in [1.807, 2.05) is 42.5 Å². The van der Waals surface area contributed by atoms with Crippen LogP contribution in [0.1, 0.15) is 37.0 Å². The first-order valence-electron chi connectivity index (χ1n) is 8.66. The average Bonchev–Trinajstić information content (AvgIpc) is 2.60. The number of carbonyl (C=O) groups is 2. The number of hydrogen-bond acceptors (Lipinski definition) is 3. The Kier molecular flexibility index (Phi) is 4.77. The summed E-state index contributed by atoms with van der Waals surface area (Å²) in [5, 5.41) is 15.0. The van der Waals surface area contributed by atoms with Crippen molar-refractivity contribution in [3.8, 4) is 0 Å². The molecule has 2 amide bonds. The number of amides is 2. The summed E-state index contributed by atoms with van der Waals surface area (Å²) in [6, 6.07) is 13.5. The second-order valence-electron chi connectivity index (χ2n) is 7.18. The molecule has 0 aromatic heterocycles. The highest BCUT2D eigenvalue weighted by Gasteiger charge is 2.33. The fraction of sp³-hybridized carbons (Fsp3) is 0.400. The summed E-state index contributed by atoms with van der Waals surface area (Å²) in [6.45, 7) is 4.03. The Morgan fingerprint density at radius 1 is 1.16 bits per heavy atom. The molecule has 0 saturated carbocycles. The van der Waals surface area contributed by atoms with E-state index in [-0.39, 0.29) is 17.9 Å². The summed E-state index contributed by atoms with van der Waals surface area (Å²) in [6.07, 6.45) is 1.64. The molecule has 3 rings (SSSR count). The van der Waals surface area contributed by atoms with Crippen LogP contribution in [-0.2, 0) is 4.79 Å². The minimum atomic E-state index is -1.38. The molecule has 2 aromatic rings. The van der Waals surface area contributed by atoms with Gasteiger partial charge in [0.2, 0.25) is 0 Å². The highest BCUT2D eigenvalue weighted by atomic mass is 16.3. The third-order valence-electron chi connectivity index (χ3n) is 4.58. The van der Waals surface area contributed by atoms with Crippen LogP contribution in [0.3, 0.4) is 0 Å². The van der Waals surface area contributed by atoms with Crippen molar-refractivity contribution < 1.29 is 14.7 Å². The lowest BCUT2D eigenvalue weighted by Gasteiger charge is -2.36. The Morgan fingerprint density at radius 3 is 2.60 bits per heavy atom. The second-order valence-corrected chi connectivity index (χ2v) is 7.18. The van der Waals surface area contributed by atoms with Crippen LogP contribution >= 0.6 is 0 Å². The Labute approximate surface area is 147 Å². The highest BCUT2D eigenvalue weighted by molar-refractivity contribution is 5.98. The fourth-order valence-electron chi connectivity index (χ4n) is 3.27. The van der Waals surface area contributed by atoms with Crippen LogP contribution in [0.5, 0.6) is 0 Å². The summed E-state index contributed by atoms with van der Waals surface area (Å²) >= 11 is 0. The van der Waals surface area contributed by atoms with Gasteiger partial charge in [-0.2, -0.15) is 0 Å². The first-order valence-corrected chi connectivity index (χ1v) is 8.66. The van der Waals surface area contributed by atoms with Crippen molar-refractivity contribution >= 4 is 22.6 Å². The third kappa shape index (κ3) is 3.99. The maximum absolute atomic E-state index is 12.6. The van der Waals surface area contributed by atoms with E-state index >= 15 is 0 Å². The molecule has 1 aliphatic heterocycles. The summed E-state index contributed by atoms with van der Waals surface area (Å²) in [5.41, 5.74) is -0.769. The number of hydrogen-bond donors (Lipinski definition) is 2. The summed E-state index contributed by atoms with van der Waals surface area (Å²) < 4.78 is 0. The lowest BCUT2D eigenvalue weighted by atomic mass is 10.0. The number of carbonyl (C=O) groups excluding carboxylic acids is 2. The van der Waals surface area contributed by atoms with Crippen molar-refractivity contribution in [3.63, 3.8) is 0 Å². The minimum Gasteiger partial charge on any atom is -0.381 e. The third-order valence-corrected chi connectivity index (χ3v) is 4.58. The van der Waals surface area contributed by atoms with Gasteiger partial charge in [0.15, 0.2) is 0 Å². The monoisotopic (exact) mass is 340 g/mol. The van der Waals surface area contributed by atoms with Gasteiger partial charge in [-0.1, -0.05) is 30.3 Å². The number of aliphatic hydroxyl groups is 1. The lowest BCUT2D eigenvalue weighted by molar-refractivity contribution is -0.149. The number of likely N-dealkylation sites (tertiary alicyclic amines) is 1. The molecule has 5 heteroatoms. The summed E-state index contributed by atoms with van der Waals surface area (Å²) in [7, 11) is 0. The molecule has 2 aromatic carbocycles. The van der Waals surface area contributed by atoms with E-state index in [4.69, 9.17) is 0 Å². The fourth-order valence-corrected chi connectivity index (χ4v) is 3.27. The highest BCUT2D eigenvalue weighted by Crippen LogP contribution is 2.18. The van der Waals surface area contributed by atoms with Crippen molar-refractivity contribution in [3.05, 3.63) is 48.0 Å². The van der Waals surface area contributed by atoms with Crippen LogP contribution in [0.2, 0.25) is 0 Å². The van der Waals surface area contributed by atoms with Gasteiger partial charge in [0, 0.05) is 24.7 Å². The molecule has 0 bridgehead atoms. The molecule has 0 aliphatic carbocycles. The van der Waals surface area contributed by atoms with Crippen molar-refractivity contribution in [2.45, 2.75) is 38.3 Å². The molecular formula is C20H24N2O3. The van der Waals surface area contributed by atoms with Crippen molar-refractivity contribution in [1.82, 2.24) is 10.2 Å². The normalized spacial score (nSPS) is 18.2. The van der Waals surface area contributed by atoms with Crippen LogP contribution in [0.4, 0.5) is 0 Å². The Hall–Kier alpha value is -2.40. The molecule has 1 saturated heterocycles. The first-order chi connectivity index (χ1) is 11.8. The summed E-state index contributed by atoms with van der Waals surface area (Å²) in [5.74, 6) is -0.425. The van der Waals surface area contributed by atoms with Gasteiger partial charge >= 0.3 is 0 Å². The molecule has 5 nitrogen and oxygen atoms in total. The molecule has 0 radical (unpaired) electrons. The molecule has 25 heavy (non-hydrogen) atoms. The van der Waals surface area contributed by atoms with Gasteiger partial charge in [-0.3, -0.25) is 9.59 Å². The second kappa shape index (κ2) is 6.84. The van der Waals surface area contributed by atoms with Crippen molar-refractivity contribution in [1.29, 1.82) is 0 Å². The maximum atomic E-state index is 12.6. The van der Waals surface area contributed by atoms with E-state index in [1.165, 1.54) is 13.8 Å². The molecule has 2 N–H and O–H groups in total. The molecule has 1 aliphatic rings. The van der Waals surface area contributed by atoms with E-state index in [0.29, 0.717) is 18.7 Å². The number of fused-ring (bicyclic) bond motifs is 1. The minimum absolute atomic E-state index is 0.0981.